The molecule has 1 N–H and O–H groups in total. The van der Waals surface area contributed by atoms with Crippen molar-refractivity contribution < 1.29 is 9.72 Å². The highest BCUT2D eigenvalue weighted by atomic mass is 35.5. The Labute approximate surface area is 164 Å². The van der Waals surface area contributed by atoms with Gasteiger partial charge in [-0.25, -0.2) is 0 Å². The van der Waals surface area contributed by atoms with Crippen LogP contribution in [0.15, 0.2) is 42.5 Å². The molecule has 5 nitrogen and oxygen atoms in total. The van der Waals surface area contributed by atoms with E-state index in [9.17, 15) is 14.9 Å². The second-order valence-electron chi connectivity index (χ2n) is 6.91. The number of halogens is 1. The summed E-state index contributed by atoms with van der Waals surface area (Å²) in [6.45, 7) is 8.32. The van der Waals surface area contributed by atoms with Crippen LogP contribution in [-0.4, -0.2) is 10.8 Å². The molecule has 0 atom stereocenters. The Hall–Kier alpha value is -2.66. The third-order valence-electron chi connectivity index (χ3n) is 4.22. The van der Waals surface area contributed by atoms with Crippen molar-refractivity contribution in [3.8, 4) is 0 Å². The lowest BCUT2D eigenvalue weighted by Gasteiger charge is -2.19. The van der Waals surface area contributed by atoms with Crippen LogP contribution in [0.4, 0.5) is 11.4 Å². The fourth-order valence-electron chi connectivity index (χ4n) is 2.81. The van der Waals surface area contributed by atoms with E-state index in [0.29, 0.717) is 5.56 Å². The molecule has 0 aliphatic heterocycles. The zero-order chi connectivity index (χ0) is 20.1. The molecular formula is C21H23ClN2O3. The zero-order valence-electron chi connectivity index (χ0n) is 15.8. The fourth-order valence-corrected chi connectivity index (χ4v) is 2.99. The largest absolute Gasteiger partial charge is 0.322 e. The minimum absolute atomic E-state index is 0.0639. The number of nitrogens with one attached hydrogen (secondary N) is 1. The summed E-state index contributed by atoms with van der Waals surface area (Å²) in [5.41, 5.74) is 3.32. The molecule has 142 valence electrons. The second kappa shape index (κ2) is 8.82. The van der Waals surface area contributed by atoms with Gasteiger partial charge in [-0.1, -0.05) is 63.6 Å². The van der Waals surface area contributed by atoms with E-state index in [0.717, 1.165) is 16.8 Å². The molecule has 0 spiro atoms. The van der Waals surface area contributed by atoms with Crippen LogP contribution in [-0.2, 0) is 4.79 Å². The van der Waals surface area contributed by atoms with E-state index in [1.807, 2.05) is 18.2 Å². The molecule has 2 rings (SSSR count). The standard InChI is InChI=1S/C21H23ClN2O3/c1-13(2)16-6-5-7-17(14(3)4)21(16)23-20(25)11-9-15-8-10-18(22)19(12-15)24(26)27/h5-14H,1-4H3,(H,23,25)/b11-9+. The van der Waals surface area contributed by atoms with Crippen LogP contribution in [0.3, 0.4) is 0 Å². The van der Waals surface area contributed by atoms with E-state index in [-0.39, 0.29) is 28.5 Å². The highest BCUT2D eigenvalue weighted by molar-refractivity contribution is 6.32. The van der Waals surface area contributed by atoms with E-state index in [4.69, 9.17) is 11.6 Å². The van der Waals surface area contributed by atoms with Crippen molar-refractivity contribution in [1.82, 2.24) is 0 Å². The Kier molecular flexibility index (Phi) is 6.75. The van der Waals surface area contributed by atoms with Crippen molar-refractivity contribution in [2.45, 2.75) is 39.5 Å². The van der Waals surface area contributed by atoms with E-state index < -0.39 is 4.92 Å². The average Bonchev–Trinajstić information content (AvgIpc) is 2.60. The Morgan fingerprint density at radius 3 is 2.22 bits per heavy atom. The summed E-state index contributed by atoms with van der Waals surface area (Å²) in [4.78, 5) is 22.9. The number of carbonyl (C=O) groups excluding carboxylic acids is 1. The van der Waals surface area contributed by atoms with E-state index in [1.165, 1.54) is 24.3 Å². The first kappa shape index (κ1) is 20.6. The lowest BCUT2D eigenvalue weighted by molar-refractivity contribution is -0.384. The topological polar surface area (TPSA) is 72.2 Å². The van der Waals surface area contributed by atoms with Gasteiger partial charge in [-0.05, 0) is 40.7 Å². The molecule has 0 unspecified atom stereocenters. The smallest absolute Gasteiger partial charge is 0.288 e. The molecule has 0 heterocycles. The number of nitro benzene ring substituents is 1. The fraction of sp³-hybridized carbons (Fsp3) is 0.286. The van der Waals surface area contributed by atoms with E-state index in [1.54, 1.807) is 6.07 Å². The number of carbonyl (C=O) groups is 1. The van der Waals surface area contributed by atoms with Crippen LogP contribution in [0.25, 0.3) is 6.08 Å². The summed E-state index contributed by atoms with van der Waals surface area (Å²) in [7, 11) is 0. The molecule has 0 saturated heterocycles. The van der Waals surface area contributed by atoms with Gasteiger partial charge in [0.15, 0.2) is 0 Å². The Balaban J connectivity index is 2.27. The minimum atomic E-state index is -0.548. The number of nitro groups is 1. The summed E-state index contributed by atoms with van der Waals surface area (Å²) in [6.07, 6.45) is 2.90. The maximum atomic E-state index is 12.5. The lowest BCUT2D eigenvalue weighted by atomic mass is 9.92. The van der Waals surface area contributed by atoms with E-state index in [2.05, 4.69) is 33.0 Å². The summed E-state index contributed by atoms with van der Waals surface area (Å²) in [5, 5.41) is 14.0. The number of benzene rings is 2. The van der Waals surface area contributed by atoms with Crippen molar-refractivity contribution >= 4 is 35.0 Å². The number of nitrogens with zero attached hydrogens (tertiary/aromatic N) is 1. The molecule has 2 aromatic carbocycles. The first-order valence-electron chi connectivity index (χ1n) is 8.76. The van der Waals surface area contributed by atoms with Crippen molar-refractivity contribution in [1.29, 1.82) is 0 Å². The van der Waals surface area contributed by atoms with Crippen LogP contribution in [0, 0.1) is 10.1 Å². The van der Waals surface area contributed by atoms with Gasteiger partial charge in [-0.2, -0.15) is 0 Å². The van der Waals surface area contributed by atoms with Crippen molar-refractivity contribution in [3.05, 3.63) is 74.3 Å². The SMILES string of the molecule is CC(C)c1cccc(C(C)C)c1NC(=O)/C=C/c1ccc(Cl)c([N+](=O)[O-])c1. The van der Waals surface area contributed by atoms with Crippen LogP contribution < -0.4 is 5.32 Å². The molecule has 0 radical (unpaired) electrons. The van der Waals surface area contributed by atoms with Crippen molar-refractivity contribution in [2.75, 3.05) is 5.32 Å². The molecule has 2 aromatic rings. The van der Waals surface area contributed by atoms with Gasteiger partial charge in [0, 0.05) is 17.8 Å². The Morgan fingerprint density at radius 2 is 1.70 bits per heavy atom. The van der Waals surface area contributed by atoms with Crippen molar-refractivity contribution in [2.24, 2.45) is 0 Å². The number of rotatable bonds is 6. The van der Waals surface area contributed by atoms with Crippen LogP contribution >= 0.6 is 11.6 Å². The number of hydrogen-bond acceptors (Lipinski definition) is 3. The van der Waals surface area contributed by atoms with Gasteiger partial charge < -0.3 is 5.32 Å². The third kappa shape index (κ3) is 5.17. The summed E-state index contributed by atoms with van der Waals surface area (Å²) in [6, 6.07) is 10.4. The van der Waals surface area contributed by atoms with Gasteiger partial charge >= 0.3 is 0 Å². The first-order chi connectivity index (χ1) is 12.7. The van der Waals surface area contributed by atoms with Gasteiger partial charge in [0.1, 0.15) is 5.02 Å². The number of para-hydroxylation sites is 1. The zero-order valence-corrected chi connectivity index (χ0v) is 16.6. The maximum absolute atomic E-state index is 12.5. The van der Waals surface area contributed by atoms with Gasteiger partial charge in [-0.3, -0.25) is 14.9 Å². The minimum Gasteiger partial charge on any atom is -0.322 e. The second-order valence-corrected chi connectivity index (χ2v) is 7.32. The van der Waals surface area contributed by atoms with Crippen LogP contribution in [0.5, 0.6) is 0 Å². The molecule has 0 saturated carbocycles. The molecule has 0 fully saturated rings. The monoisotopic (exact) mass is 386 g/mol. The quantitative estimate of drug-likeness (QED) is 0.367. The number of amides is 1. The maximum Gasteiger partial charge on any atom is 0.288 e. The number of anilines is 1. The van der Waals surface area contributed by atoms with Gasteiger partial charge in [0.2, 0.25) is 5.91 Å². The van der Waals surface area contributed by atoms with E-state index >= 15 is 0 Å². The summed E-state index contributed by atoms with van der Waals surface area (Å²) < 4.78 is 0. The molecule has 0 aromatic heterocycles. The molecule has 0 aliphatic carbocycles. The summed E-state index contributed by atoms with van der Waals surface area (Å²) >= 11 is 5.81. The number of hydrogen-bond donors (Lipinski definition) is 1. The predicted molar refractivity (Wildman–Crippen MR) is 110 cm³/mol. The average molecular weight is 387 g/mol. The Bertz CT molecular complexity index is 863. The van der Waals surface area contributed by atoms with Crippen LogP contribution in [0.1, 0.15) is 56.2 Å². The molecule has 1 amide bonds. The molecular weight excluding hydrogens is 364 g/mol. The molecule has 0 aliphatic rings. The highest BCUT2D eigenvalue weighted by Gasteiger charge is 2.15. The first-order valence-corrected chi connectivity index (χ1v) is 9.14. The molecule has 6 heteroatoms. The summed E-state index contributed by atoms with van der Waals surface area (Å²) in [5.74, 6) is 0.242. The van der Waals surface area contributed by atoms with Gasteiger partial charge in [0.25, 0.3) is 5.69 Å². The molecule has 27 heavy (non-hydrogen) atoms. The third-order valence-corrected chi connectivity index (χ3v) is 4.53. The van der Waals surface area contributed by atoms with Gasteiger partial charge in [0.05, 0.1) is 4.92 Å². The highest BCUT2D eigenvalue weighted by Crippen LogP contribution is 2.32. The van der Waals surface area contributed by atoms with Crippen molar-refractivity contribution in [3.63, 3.8) is 0 Å². The molecule has 0 bridgehead atoms. The Morgan fingerprint density at radius 1 is 1.11 bits per heavy atom. The lowest BCUT2D eigenvalue weighted by Crippen LogP contribution is -2.13. The van der Waals surface area contributed by atoms with Crippen LogP contribution in [0.2, 0.25) is 5.02 Å². The predicted octanol–water partition coefficient (Wildman–Crippen LogP) is 6.15. The normalized spacial score (nSPS) is 11.4. The van der Waals surface area contributed by atoms with Gasteiger partial charge in [-0.15, -0.1) is 0 Å².